The highest BCUT2D eigenvalue weighted by molar-refractivity contribution is 7.80. The Bertz CT molecular complexity index is 1020. The van der Waals surface area contributed by atoms with Crippen molar-refractivity contribution in [1.82, 2.24) is 0 Å². The summed E-state index contributed by atoms with van der Waals surface area (Å²) in [6.07, 6.45) is 6.81. The highest BCUT2D eigenvalue weighted by atomic mass is 31.1. The largest absolute Gasteiger partial charge is 0.458 e. The molecule has 0 saturated heterocycles. The van der Waals surface area contributed by atoms with Gasteiger partial charge in [-0.1, -0.05) is 105 Å². The summed E-state index contributed by atoms with van der Waals surface area (Å²) in [5.74, 6) is 0.0642. The Kier molecular flexibility index (Phi) is 8.66. The fraction of sp³-hybridized carbons (Fsp3) is 0.333. The Morgan fingerprint density at radius 3 is 2.03 bits per heavy atom. The summed E-state index contributed by atoms with van der Waals surface area (Å²) in [7, 11) is -0.918. The first kappa shape index (κ1) is 24.4. The summed E-state index contributed by atoms with van der Waals surface area (Å²) in [6, 6.07) is 28.7. The molecule has 0 heterocycles. The number of carbonyl (C=O) groups excluding carboxylic acids is 2. The lowest BCUT2D eigenvalue weighted by Crippen LogP contribution is -2.36. The maximum Gasteiger partial charge on any atom is 0.339 e. The van der Waals surface area contributed by atoms with Gasteiger partial charge in [-0.25, -0.2) is 4.79 Å². The van der Waals surface area contributed by atoms with Gasteiger partial charge in [0.15, 0.2) is 0 Å². The first-order chi connectivity index (χ1) is 16.7. The fourth-order valence-electron chi connectivity index (χ4n) is 5.04. The van der Waals surface area contributed by atoms with E-state index in [1.165, 1.54) is 17.0 Å². The molecule has 2 atom stereocenters. The lowest BCUT2D eigenvalue weighted by Gasteiger charge is -2.33. The van der Waals surface area contributed by atoms with E-state index in [1.54, 1.807) is 0 Å². The monoisotopic (exact) mass is 472 g/mol. The van der Waals surface area contributed by atoms with Crippen molar-refractivity contribution in [2.75, 3.05) is 0 Å². The van der Waals surface area contributed by atoms with E-state index in [0.29, 0.717) is 17.9 Å². The molecule has 1 aliphatic rings. The summed E-state index contributed by atoms with van der Waals surface area (Å²) in [5.41, 5.74) is 0.625. The average molecular weight is 473 g/mol. The molecule has 0 spiro atoms. The number of carbonyl (C=O) groups is 2. The second-order valence-electron chi connectivity index (χ2n) is 9.17. The first-order valence-corrected chi connectivity index (χ1v) is 13.7. The van der Waals surface area contributed by atoms with Crippen molar-refractivity contribution in [3.05, 3.63) is 90.5 Å². The maximum atomic E-state index is 13.7. The standard InChI is InChI=1S/C30H33O3P/c1-23(21-22-31)29(24-13-5-2-6-14-24)33-30(32)27-19-11-12-20-28(27)34(25-15-7-3-8-16-25)26-17-9-4-10-18-26/h3-4,7-12,15-20,22-24,29H,2,5-6,13-14,21H2,1H3/t23-,29+/m1/s1. The van der Waals surface area contributed by atoms with Gasteiger partial charge < -0.3 is 9.53 Å². The van der Waals surface area contributed by atoms with Crippen LogP contribution in [0.5, 0.6) is 0 Å². The Morgan fingerprint density at radius 1 is 0.882 bits per heavy atom. The molecular formula is C30H33O3P. The second-order valence-corrected chi connectivity index (χ2v) is 11.4. The lowest BCUT2D eigenvalue weighted by molar-refractivity contribution is -0.110. The van der Waals surface area contributed by atoms with Crippen molar-refractivity contribution in [2.24, 2.45) is 11.8 Å². The minimum atomic E-state index is -0.918. The van der Waals surface area contributed by atoms with Crippen LogP contribution in [0.4, 0.5) is 0 Å². The molecule has 3 aromatic rings. The topological polar surface area (TPSA) is 43.4 Å². The third-order valence-corrected chi connectivity index (χ3v) is 9.28. The minimum absolute atomic E-state index is 0.0153. The number of hydrogen-bond donors (Lipinski definition) is 0. The Hall–Kier alpha value is -2.77. The number of benzene rings is 3. The summed E-state index contributed by atoms with van der Waals surface area (Å²) in [4.78, 5) is 25.0. The van der Waals surface area contributed by atoms with Crippen LogP contribution in [0, 0.1) is 11.8 Å². The summed E-state index contributed by atoms with van der Waals surface area (Å²) in [6.45, 7) is 2.04. The van der Waals surface area contributed by atoms with Crippen molar-refractivity contribution in [3.63, 3.8) is 0 Å². The van der Waals surface area contributed by atoms with Crippen molar-refractivity contribution in [3.8, 4) is 0 Å². The van der Waals surface area contributed by atoms with E-state index in [9.17, 15) is 9.59 Å². The van der Waals surface area contributed by atoms with E-state index in [-0.39, 0.29) is 18.0 Å². The van der Waals surface area contributed by atoms with Gasteiger partial charge in [-0.05, 0) is 54.6 Å². The van der Waals surface area contributed by atoms with Gasteiger partial charge in [0, 0.05) is 6.42 Å². The molecule has 1 saturated carbocycles. The van der Waals surface area contributed by atoms with Crippen LogP contribution < -0.4 is 15.9 Å². The fourth-order valence-corrected chi connectivity index (χ4v) is 7.47. The van der Waals surface area contributed by atoms with E-state index in [4.69, 9.17) is 4.74 Å². The molecule has 0 aromatic heterocycles. The predicted molar refractivity (Wildman–Crippen MR) is 141 cm³/mol. The molecule has 0 N–H and O–H groups in total. The van der Waals surface area contributed by atoms with Gasteiger partial charge in [-0.3, -0.25) is 0 Å². The molecule has 3 nitrogen and oxygen atoms in total. The van der Waals surface area contributed by atoms with Gasteiger partial charge in [0.05, 0.1) is 5.56 Å². The van der Waals surface area contributed by atoms with Gasteiger partial charge in [0.2, 0.25) is 0 Å². The molecule has 1 fully saturated rings. The van der Waals surface area contributed by atoms with Gasteiger partial charge >= 0.3 is 5.97 Å². The average Bonchev–Trinajstić information content (AvgIpc) is 2.89. The molecular weight excluding hydrogens is 439 g/mol. The number of aldehydes is 1. The highest BCUT2D eigenvalue weighted by Crippen LogP contribution is 2.36. The Balaban J connectivity index is 1.69. The zero-order valence-corrected chi connectivity index (χ0v) is 20.7. The molecule has 4 rings (SSSR count). The van der Waals surface area contributed by atoms with Crippen LogP contribution in [0.15, 0.2) is 84.9 Å². The Morgan fingerprint density at radius 2 is 1.44 bits per heavy atom. The molecule has 0 bridgehead atoms. The van der Waals surface area contributed by atoms with E-state index in [2.05, 4.69) is 54.6 Å². The molecule has 3 aromatic carbocycles. The van der Waals surface area contributed by atoms with Crippen LogP contribution in [0.3, 0.4) is 0 Å². The number of hydrogen-bond acceptors (Lipinski definition) is 3. The zero-order chi connectivity index (χ0) is 23.8. The van der Waals surface area contributed by atoms with Crippen LogP contribution in [-0.4, -0.2) is 18.4 Å². The first-order valence-electron chi connectivity index (χ1n) is 12.3. The van der Waals surface area contributed by atoms with Crippen LogP contribution in [0.2, 0.25) is 0 Å². The number of rotatable bonds is 9. The zero-order valence-electron chi connectivity index (χ0n) is 19.8. The maximum absolute atomic E-state index is 13.7. The molecule has 1 aliphatic carbocycles. The second kappa shape index (κ2) is 12.1. The molecule has 0 amide bonds. The SMILES string of the molecule is C[C@H](CC=O)[C@H](OC(=O)c1ccccc1P(c1ccccc1)c1ccccc1)C1CCCCC1. The van der Waals surface area contributed by atoms with Gasteiger partial charge in [0.25, 0.3) is 0 Å². The predicted octanol–water partition coefficient (Wildman–Crippen LogP) is 5.78. The van der Waals surface area contributed by atoms with Crippen molar-refractivity contribution < 1.29 is 14.3 Å². The third kappa shape index (κ3) is 5.83. The summed E-state index contributed by atoms with van der Waals surface area (Å²) in [5, 5.41) is 3.40. The molecule has 176 valence electrons. The molecule has 0 unspecified atom stereocenters. The van der Waals surface area contributed by atoms with E-state index >= 15 is 0 Å². The third-order valence-electron chi connectivity index (χ3n) is 6.78. The molecule has 0 radical (unpaired) electrons. The Labute approximate surface area is 204 Å². The normalized spacial score (nSPS) is 16.1. The molecule has 0 aliphatic heterocycles. The van der Waals surface area contributed by atoms with Crippen molar-refractivity contribution in [1.29, 1.82) is 0 Å². The van der Waals surface area contributed by atoms with Crippen LogP contribution in [-0.2, 0) is 9.53 Å². The molecule has 4 heteroatoms. The summed E-state index contributed by atoms with van der Waals surface area (Å²) >= 11 is 0. The molecule has 34 heavy (non-hydrogen) atoms. The van der Waals surface area contributed by atoms with Crippen LogP contribution >= 0.6 is 7.92 Å². The summed E-state index contributed by atoms with van der Waals surface area (Å²) < 4.78 is 6.27. The van der Waals surface area contributed by atoms with E-state index in [1.807, 2.05) is 37.3 Å². The minimum Gasteiger partial charge on any atom is -0.458 e. The highest BCUT2D eigenvalue weighted by Gasteiger charge is 2.33. The quantitative estimate of drug-likeness (QED) is 0.225. The van der Waals surface area contributed by atoms with E-state index in [0.717, 1.165) is 37.3 Å². The van der Waals surface area contributed by atoms with Gasteiger partial charge in [-0.15, -0.1) is 0 Å². The lowest BCUT2D eigenvalue weighted by atomic mass is 9.80. The van der Waals surface area contributed by atoms with Crippen LogP contribution in [0.1, 0.15) is 55.8 Å². The van der Waals surface area contributed by atoms with Crippen molar-refractivity contribution in [2.45, 2.75) is 51.6 Å². The van der Waals surface area contributed by atoms with Gasteiger partial charge in [-0.2, -0.15) is 0 Å². The number of esters is 1. The number of ether oxygens (including phenoxy) is 1. The van der Waals surface area contributed by atoms with Crippen molar-refractivity contribution >= 4 is 36.1 Å². The van der Waals surface area contributed by atoms with E-state index < -0.39 is 7.92 Å². The van der Waals surface area contributed by atoms with Crippen LogP contribution in [0.25, 0.3) is 0 Å². The van der Waals surface area contributed by atoms with Gasteiger partial charge in [0.1, 0.15) is 12.4 Å². The smallest absolute Gasteiger partial charge is 0.339 e.